The van der Waals surface area contributed by atoms with E-state index in [2.05, 4.69) is 5.32 Å². The molecule has 0 radical (unpaired) electrons. The Morgan fingerprint density at radius 3 is 2.41 bits per heavy atom. The van der Waals surface area contributed by atoms with Crippen LogP contribution >= 0.6 is 0 Å². The van der Waals surface area contributed by atoms with Gasteiger partial charge in [-0.2, -0.15) is 0 Å². The van der Waals surface area contributed by atoms with Gasteiger partial charge in [0.25, 0.3) is 5.91 Å². The highest BCUT2D eigenvalue weighted by Gasteiger charge is 2.55. The summed E-state index contributed by atoms with van der Waals surface area (Å²) < 4.78 is 0. The van der Waals surface area contributed by atoms with Gasteiger partial charge in [-0.05, 0) is 19.8 Å². The van der Waals surface area contributed by atoms with E-state index in [4.69, 9.17) is 5.11 Å². The Kier molecular flexibility index (Phi) is 4.39. The number of aliphatic carboxylic acids is 1. The van der Waals surface area contributed by atoms with Crippen LogP contribution in [-0.4, -0.2) is 63.9 Å². The summed E-state index contributed by atoms with van der Waals surface area (Å²) in [7, 11) is 1.59. The molecule has 0 aromatic heterocycles. The van der Waals surface area contributed by atoms with Crippen LogP contribution in [0.2, 0.25) is 0 Å². The lowest BCUT2D eigenvalue weighted by Gasteiger charge is -2.35. The molecule has 2 N–H and O–H groups in total. The summed E-state index contributed by atoms with van der Waals surface area (Å²) in [6.07, 6.45) is 4.00. The monoisotopic (exact) mass is 311 g/mol. The topological polar surface area (TPSA) is 107 Å². The van der Waals surface area contributed by atoms with Crippen LogP contribution in [-0.2, 0) is 14.4 Å². The zero-order valence-electron chi connectivity index (χ0n) is 12.8. The van der Waals surface area contributed by atoms with Crippen LogP contribution in [0.15, 0.2) is 0 Å². The first kappa shape index (κ1) is 16.3. The summed E-state index contributed by atoms with van der Waals surface area (Å²) in [5.41, 5.74) is -0.825. The molecule has 2 aliphatic rings. The van der Waals surface area contributed by atoms with Crippen molar-refractivity contribution in [2.24, 2.45) is 0 Å². The van der Waals surface area contributed by atoms with E-state index < -0.39 is 36.0 Å². The van der Waals surface area contributed by atoms with E-state index in [0.29, 0.717) is 12.8 Å². The van der Waals surface area contributed by atoms with Gasteiger partial charge < -0.3 is 15.3 Å². The maximum absolute atomic E-state index is 12.6. The number of likely N-dealkylation sites (N-methyl/N-ethyl adjacent to an activating group) is 1. The van der Waals surface area contributed by atoms with Gasteiger partial charge in [-0.25, -0.2) is 4.79 Å². The molecule has 1 saturated carbocycles. The number of imide groups is 1. The van der Waals surface area contributed by atoms with Crippen LogP contribution in [0, 0.1) is 0 Å². The minimum Gasteiger partial charge on any atom is -0.480 e. The lowest BCUT2D eigenvalue weighted by atomic mass is 9.81. The maximum Gasteiger partial charge on any atom is 0.327 e. The SMILES string of the molecule is C[C@@H](NC(=O)CN1C(=O)N(C)C2(CCCCC2)C1=O)C(=O)O. The molecule has 8 nitrogen and oxygen atoms in total. The smallest absolute Gasteiger partial charge is 0.327 e. The Bertz CT molecular complexity index is 513. The van der Waals surface area contributed by atoms with Crippen molar-refractivity contribution in [2.75, 3.05) is 13.6 Å². The van der Waals surface area contributed by atoms with Gasteiger partial charge in [0.1, 0.15) is 18.1 Å². The molecular formula is C14H21N3O5. The van der Waals surface area contributed by atoms with E-state index in [1.165, 1.54) is 11.8 Å². The quantitative estimate of drug-likeness (QED) is 0.720. The summed E-state index contributed by atoms with van der Waals surface area (Å²) in [5.74, 6) is -2.18. The second kappa shape index (κ2) is 5.94. The summed E-state index contributed by atoms with van der Waals surface area (Å²) in [4.78, 5) is 49.8. The molecule has 1 saturated heterocycles. The molecule has 8 heteroatoms. The summed E-state index contributed by atoms with van der Waals surface area (Å²) >= 11 is 0. The van der Waals surface area contributed by atoms with Crippen molar-refractivity contribution in [2.45, 2.75) is 50.6 Å². The summed E-state index contributed by atoms with van der Waals surface area (Å²) in [6.45, 7) is 0.879. The minimum absolute atomic E-state index is 0.349. The highest BCUT2D eigenvalue weighted by atomic mass is 16.4. The molecule has 0 unspecified atom stereocenters. The molecule has 1 atom stereocenters. The molecule has 1 spiro atoms. The first-order chi connectivity index (χ1) is 10.3. The van der Waals surface area contributed by atoms with Gasteiger partial charge >= 0.3 is 12.0 Å². The average molecular weight is 311 g/mol. The van der Waals surface area contributed by atoms with Gasteiger partial charge in [-0.3, -0.25) is 19.3 Å². The first-order valence-electron chi connectivity index (χ1n) is 7.41. The number of hydrogen-bond acceptors (Lipinski definition) is 4. The molecule has 0 bridgehead atoms. The third-order valence-electron chi connectivity index (χ3n) is 4.53. The van der Waals surface area contributed by atoms with Gasteiger partial charge in [0, 0.05) is 7.05 Å². The van der Waals surface area contributed by atoms with Crippen molar-refractivity contribution in [3.63, 3.8) is 0 Å². The Labute approximate surface area is 128 Å². The number of nitrogens with zero attached hydrogens (tertiary/aromatic N) is 2. The normalized spacial score (nSPS) is 22.1. The standard InChI is InChI=1S/C14H21N3O5/c1-9(11(19)20)15-10(18)8-17-12(21)14(16(2)13(17)22)6-4-3-5-7-14/h9H,3-8H2,1-2H3,(H,15,18)(H,19,20)/t9-/m1/s1. The van der Waals surface area contributed by atoms with Gasteiger partial charge in [0.15, 0.2) is 0 Å². The van der Waals surface area contributed by atoms with E-state index in [1.807, 2.05) is 0 Å². The predicted molar refractivity (Wildman–Crippen MR) is 75.9 cm³/mol. The number of carboxylic acids is 1. The minimum atomic E-state index is -1.17. The molecule has 0 aromatic rings. The Morgan fingerprint density at radius 2 is 1.86 bits per heavy atom. The van der Waals surface area contributed by atoms with Gasteiger partial charge in [0.2, 0.25) is 5.91 Å². The largest absolute Gasteiger partial charge is 0.480 e. The fraction of sp³-hybridized carbons (Fsp3) is 0.714. The van der Waals surface area contributed by atoms with Crippen molar-refractivity contribution in [1.29, 1.82) is 0 Å². The number of hydrogen-bond donors (Lipinski definition) is 2. The van der Waals surface area contributed by atoms with E-state index in [-0.39, 0.29) is 5.91 Å². The maximum atomic E-state index is 12.6. The number of amides is 4. The van der Waals surface area contributed by atoms with E-state index in [9.17, 15) is 19.2 Å². The Hall–Kier alpha value is -2.12. The van der Waals surface area contributed by atoms with Crippen LogP contribution in [0.5, 0.6) is 0 Å². The highest BCUT2D eigenvalue weighted by molar-refractivity contribution is 6.09. The molecule has 1 heterocycles. The predicted octanol–water partition coefficient (Wildman–Crippen LogP) is 0.173. The molecule has 122 valence electrons. The van der Waals surface area contributed by atoms with E-state index in [1.54, 1.807) is 7.05 Å². The third-order valence-corrected chi connectivity index (χ3v) is 4.53. The average Bonchev–Trinajstić information content (AvgIpc) is 2.64. The molecule has 22 heavy (non-hydrogen) atoms. The fourth-order valence-corrected chi connectivity index (χ4v) is 3.16. The van der Waals surface area contributed by atoms with Crippen molar-refractivity contribution < 1.29 is 24.3 Å². The molecular weight excluding hydrogens is 290 g/mol. The zero-order chi connectivity index (χ0) is 16.5. The zero-order valence-corrected chi connectivity index (χ0v) is 12.8. The number of urea groups is 1. The lowest BCUT2D eigenvalue weighted by Crippen LogP contribution is -2.50. The molecule has 1 aliphatic heterocycles. The third kappa shape index (κ3) is 2.65. The van der Waals surface area contributed by atoms with Crippen LogP contribution in [0.4, 0.5) is 4.79 Å². The fourth-order valence-electron chi connectivity index (χ4n) is 3.16. The molecule has 2 rings (SSSR count). The summed E-state index contributed by atoms with van der Waals surface area (Å²) in [6, 6.07) is -1.56. The van der Waals surface area contributed by atoms with Crippen molar-refractivity contribution in [3.8, 4) is 0 Å². The lowest BCUT2D eigenvalue weighted by molar-refractivity contribution is -0.142. The van der Waals surface area contributed by atoms with Crippen molar-refractivity contribution in [1.82, 2.24) is 15.1 Å². The van der Waals surface area contributed by atoms with Gasteiger partial charge in [-0.15, -0.1) is 0 Å². The molecule has 2 fully saturated rings. The molecule has 4 amide bonds. The van der Waals surface area contributed by atoms with Crippen molar-refractivity contribution >= 4 is 23.8 Å². The number of carbonyl (C=O) groups excluding carboxylic acids is 3. The molecule has 1 aliphatic carbocycles. The molecule has 0 aromatic carbocycles. The van der Waals surface area contributed by atoms with Gasteiger partial charge in [-0.1, -0.05) is 19.3 Å². The van der Waals surface area contributed by atoms with E-state index in [0.717, 1.165) is 24.2 Å². The van der Waals surface area contributed by atoms with Gasteiger partial charge in [0.05, 0.1) is 0 Å². The second-order valence-corrected chi connectivity index (χ2v) is 5.95. The Morgan fingerprint density at radius 1 is 1.27 bits per heavy atom. The number of rotatable bonds is 4. The number of carboxylic acid groups (broad SMARTS) is 1. The van der Waals surface area contributed by atoms with Crippen LogP contribution in [0.25, 0.3) is 0 Å². The van der Waals surface area contributed by atoms with Crippen LogP contribution in [0.3, 0.4) is 0 Å². The second-order valence-electron chi connectivity index (χ2n) is 5.95. The van der Waals surface area contributed by atoms with Crippen LogP contribution < -0.4 is 5.32 Å². The van der Waals surface area contributed by atoms with Crippen LogP contribution in [0.1, 0.15) is 39.0 Å². The summed E-state index contributed by atoms with van der Waals surface area (Å²) in [5, 5.41) is 11.0. The first-order valence-corrected chi connectivity index (χ1v) is 7.41. The number of carbonyl (C=O) groups is 4. The van der Waals surface area contributed by atoms with Crippen molar-refractivity contribution in [3.05, 3.63) is 0 Å². The Balaban J connectivity index is 2.08. The number of nitrogens with one attached hydrogen (secondary N) is 1. The van der Waals surface area contributed by atoms with E-state index >= 15 is 0 Å². The highest BCUT2D eigenvalue weighted by Crippen LogP contribution is 2.39.